The van der Waals surface area contributed by atoms with E-state index in [9.17, 15) is 4.79 Å². The molecule has 0 radical (unpaired) electrons. The van der Waals surface area contributed by atoms with Crippen molar-refractivity contribution in [1.29, 1.82) is 0 Å². The number of hydrogen-bond donors (Lipinski definition) is 1. The van der Waals surface area contributed by atoms with Gasteiger partial charge in [0.05, 0.1) is 18.8 Å². The molecule has 1 aliphatic rings. The lowest BCUT2D eigenvalue weighted by molar-refractivity contribution is -0.149. The number of esters is 1. The van der Waals surface area contributed by atoms with Gasteiger partial charge < -0.3 is 19.9 Å². The topological polar surface area (TPSA) is 74.0 Å². The summed E-state index contributed by atoms with van der Waals surface area (Å²) < 4.78 is 15.8. The van der Waals surface area contributed by atoms with Crippen LogP contribution in [0.1, 0.15) is 26.7 Å². The van der Waals surface area contributed by atoms with Crippen LogP contribution in [0.4, 0.5) is 0 Å². The molecule has 1 rings (SSSR count). The summed E-state index contributed by atoms with van der Waals surface area (Å²) in [5, 5.41) is 0. The molecule has 0 bridgehead atoms. The summed E-state index contributed by atoms with van der Waals surface area (Å²) in [6.45, 7) is 6.47. The number of hydrogen-bond acceptors (Lipinski definition) is 6. The summed E-state index contributed by atoms with van der Waals surface area (Å²) in [7, 11) is 3.41. The van der Waals surface area contributed by atoms with E-state index >= 15 is 0 Å². The molecule has 0 spiro atoms. The summed E-state index contributed by atoms with van der Waals surface area (Å²) in [5.41, 5.74) is 5.09. The molecule has 1 saturated heterocycles. The third kappa shape index (κ3) is 4.70. The number of methoxy groups -OCH3 is 2. The Kier molecular flexibility index (Phi) is 6.88. The van der Waals surface area contributed by atoms with Crippen molar-refractivity contribution in [2.75, 3.05) is 40.5 Å². The van der Waals surface area contributed by atoms with Crippen LogP contribution in [0.3, 0.4) is 0 Å². The maximum atomic E-state index is 11.7. The zero-order valence-electron chi connectivity index (χ0n) is 13.1. The zero-order chi connectivity index (χ0) is 15.2. The van der Waals surface area contributed by atoms with Gasteiger partial charge >= 0.3 is 5.97 Å². The van der Waals surface area contributed by atoms with E-state index < -0.39 is 5.54 Å². The van der Waals surface area contributed by atoms with Crippen molar-refractivity contribution in [2.45, 2.75) is 44.4 Å². The Morgan fingerprint density at radius 2 is 1.85 bits per heavy atom. The maximum absolute atomic E-state index is 11.7. The summed E-state index contributed by atoms with van der Waals surface area (Å²) in [4.78, 5) is 14.0. The smallest absolute Gasteiger partial charge is 0.325 e. The van der Waals surface area contributed by atoms with Crippen LogP contribution in [0, 0.1) is 0 Å². The summed E-state index contributed by atoms with van der Waals surface area (Å²) in [6.07, 6.45) is 1.69. The van der Waals surface area contributed by atoms with Crippen molar-refractivity contribution in [3.05, 3.63) is 0 Å². The van der Waals surface area contributed by atoms with Crippen LogP contribution in [-0.4, -0.2) is 69.1 Å². The second kappa shape index (κ2) is 7.93. The van der Waals surface area contributed by atoms with E-state index in [0.717, 1.165) is 26.1 Å². The molecule has 3 atom stereocenters. The molecule has 1 fully saturated rings. The molecular formula is C14H28N2O4. The number of carbonyl (C=O) groups excluding carboxylic acids is 1. The highest BCUT2D eigenvalue weighted by Crippen LogP contribution is 2.18. The van der Waals surface area contributed by atoms with E-state index in [1.54, 1.807) is 28.1 Å². The second-order valence-corrected chi connectivity index (χ2v) is 5.55. The highest BCUT2D eigenvalue weighted by molar-refractivity contribution is 5.79. The molecular weight excluding hydrogens is 260 g/mol. The van der Waals surface area contributed by atoms with Crippen LogP contribution in [0.5, 0.6) is 0 Å². The van der Waals surface area contributed by atoms with Gasteiger partial charge in [-0.05, 0) is 33.2 Å². The highest BCUT2D eigenvalue weighted by atomic mass is 16.5. The molecule has 3 unspecified atom stereocenters. The molecule has 1 aliphatic heterocycles. The largest absolute Gasteiger partial charge is 0.465 e. The van der Waals surface area contributed by atoms with E-state index in [1.165, 1.54) is 0 Å². The summed E-state index contributed by atoms with van der Waals surface area (Å²) in [6, 6.07) is 0. The fraction of sp³-hybridized carbons (Fsp3) is 0.929. The predicted molar refractivity (Wildman–Crippen MR) is 76.5 cm³/mol. The first kappa shape index (κ1) is 17.4. The minimum absolute atomic E-state index is 0.120. The molecule has 1 heterocycles. The average molecular weight is 288 g/mol. The molecule has 6 heteroatoms. The molecule has 0 aliphatic carbocycles. The fourth-order valence-corrected chi connectivity index (χ4v) is 2.52. The van der Waals surface area contributed by atoms with Gasteiger partial charge in [-0.3, -0.25) is 9.69 Å². The van der Waals surface area contributed by atoms with Gasteiger partial charge in [-0.15, -0.1) is 0 Å². The number of nitrogens with zero attached hydrogens (tertiary/aromatic N) is 1. The van der Waals surface area contributed by atoms with Crippen LogP contribution in [0.15, 0.2) is 0 Å². The van der Waals surface area contributed by atoms with E-state index in [0.29, 0.717) is 13.0 Å². The molecule has 0 aromatic heterocycles. The first-order valence-corrected chi connectivity index (χ1v) is 7.18. The van der Waals surface area contributed by atoms with Crippen LogP contribution >= 0.6 is 0 Å². The maximum Gasteiger partial charge on any atom is 0.325 e. The first-order chi connectivity index (χ1) is 9.44. The van der Waals surface area contributed by atoms with Gasteiger partial charge in [-0.25, -0.2) is 0 Å². The number of likely N-dealkylation sites (tertiary alicyclic amines) is 1. The first-order valence-electron chi connectivity index (χ1n) is 7.18. The summed E-state index contributed by atoms with van der Waals surface area (Å²) in [5.74, 6) is -0.328. The minimum atomic E-state index is -0.906. The molecule has 0 saturated carbocycles. The lowest BCUT2D eigenvalue weighted by Crippen LogP contribution is -2.46. The van der Waals surface area contributed by atoms with Gasteiger partial charge in [-0.1, -0.05) is 0 Å². The van der Waals surface area contributed by atoms with Gasteiger partial charge in [0.1, 0.15) is 5.54 Å². The number of rotatable bonds is 8. The molecule has 0 aromatic rings. The molecule has 0 aromatic carbocycles. The van der Waals surface area contributed by atoms with Crippen molar-refractivity contribution in [3.8, 4) is 0 Å². The van der Waals surface area contributed by atoms with Gasteiger partial charge in [0, 0.05) is 27.3 Å². The Bertz CT molecular complexity index is 298. The molecule has 118 valence electrons. The minimum Gasteiger partial charge on any atom is -0.465 e. The van der Waals surface area contributed by atoms with Gasteiger partial charge in [0.15, 0.2) is 0 Å². The van der Waals surface area contributed by atoms with Crippen molar-refractivity contribution in [3.63, 3.8) is 0 Å². The molecule has 6 nitrogen and oxygen atoms in total. The van der Waals surface area contributed by atoms with Gasteiger partial charge in [0.25, 0.3) is 0 Å². The SMILES string of the molecule is CCOC(=O)C(C)(N)CCCN1CC(OC)C(OC)C1. The molecule has 2 N–H and O–H groups in total. The van der Waals surface area contributed by atoms with Crippen molar-refractivity contribution in [1.82, 2.24) is 4.90 Å². The lowest BCUT2D eigenvalue weighted by atomic mass is 9.97. The second-order valence-electron chi connectivity index (χ2n) is 5.55. The normalized spacial score (nSPS) is 26.4. The fourth-order valence-electron chi connectivity index (χ4n) is 2.52. The van der Waals surface area contributed by atoms with E-state index in [4.69, 9.17) is 19.9 Å². The van der Waals surface area contributed by atoms with Crippen LogP contribution in [0.2, 0.25) is 0 Å². The lowest BCUT2D eigenvalue weighted by Gasteiger charge is -2.23. The molecule has 0 amide bonds. The average Bonchev–Trinajstić information content (AvgIpc) is 2.81. The monoisotopic (exact) mass is 288 g/mol. The van der Waals surface area contributed by atoms with Gasteiger partial charge in [0.2, 0.25) is 0 Å². The van der Waals surface area contributed by atoms with Gasteiger partial charge in [-0.2, -0.15) is 0 Å². The third-order valence-corrected chi connectivity index (χ3v) is 3.81. The Labute approximate surface area is 121 Å². The Morgan fingerprint density at radius 3 is 2.30 bits per heavy atom. The van der Waals surface area contributed by atoms with Crippen molar-refractivity contribution in [2.24, 2.45) is 5.73 Å². The van der Waals surface area contributed by atoms with Crippen LogP contribution in [-0.2, 0) is 19.0 Å². The standard InChI is InChI=1S/C14H28N2O4/c1-5-20-13(17)14(2,15)7-6-8-16-9-11(18-3)12(10-16)19-4/h11-12H,5-10,15H2,1-4H3. The van der Waals surface area contributed by atoms with E-state index in [2.05, 4.69) is 4.90 Å². The Balaban J connectivity index is 2.32. The van der Waals surface area contributed by atoms with Crippen LogP contribution < -0.4 is 5.73 Å². The van der Waals surface area contributed by atoms with E-state index in [1.807, 2.05) is 0 Å². The number of carbonyl (C=O) groups is 1. The Hall–Kier alpha value is -0.690. The van der Waals surface area contributed by atoms with Crippen molar-refractivity contribution >= 4 is 5.97 Å². The zero-order valence-corrected chi connectivity index (χ0v) is 13.1. The third-order valence-electron chi connectivity index (χ3n) is 3.81. The molecule has 20 heavy (non-hydrogen) atoms. The van der Waals surface area contributed by atoms with Crippen molar-refractivity contribution < 1.29 is 19.0 Å². The predicted octanol–water partition coefficient (Wildman–Crippen LogP) is 0.393. The summed E-state index contributed by atoms with van der Waals surface area (Å²) >= 11 is 0. The highest BCUT2D eigenvalue weighted by Gasteiger charge is 2.34. The quantitative estimate of drug-likeness (QED) is 0.651. The number of nitrogens with two attached hydrogens (primary N) is 1. The van der Waals surface area contributed by atoms with Crippen LogP contribution in [0.25, 0.3) is 0 Å². The Morgan fingerprint density at radius 1 is 1.30 bits per heavy atom. The van der Waals surface area contributed by atoms with E-state index in [-0.39, 0.29) is 18.2 Å². The number of ether oxygens (including phenoxy) is 3.